The number of aliphatic hydroxyl groups is 1. The molecule has 11 heteroatoms. The first-order valence-corrected chi connectivity index (χ1v) is 16.7. The van der Waals surface area contributed by atoms with Crippen LogP contribution in [0.25, 0.3) is 33.5 Å². The summed E-state index contributed by atoms with van der Waals surface area (Å²) in [4.78, 5) is 25.6. The Bertz CT molecular complexity index is 1830. The zero-order valence-electron chi connectivity index (χ0n) is 26.4. The van der Waals surface area contributed by atoms with Crippen LogP contribution in [0.15, 0.2) is 54.7 Å². The highest BCUT2D eigenvalue weighted by atomic mass is 35.5. The van der Waals surface area contributed by atoms with Crippen LogP contribution < -0.4 is 14.8 Å². The number of amides is 1. The topological polar surface area (TPSA) is 100 Å². The van der Waals surface area contributed by atoms with Crippen molar-refractivity contribution < 1.29 is 19.4 Å². The number of rotatable bonds is 9. The molecule has 0 aliphatic carbocycles. The van der Waals surface area contributed by atoms with E-state index in [0.29, 0.717) is 53.4 Å². The van der Waals surface area contributed by atoms with Gasteiger partial charge >= 0.3 is 0 Å². The third-order valence-electron chi connectivity index (χ3n) is 9.35. The molecular weight excluding hydrogens is 637 g/mol. The van der Waals surface area contributed by atoms with Crippen LogP contribution in [0, 0.1) is 0 Å². The Kier molecular flexibility index (Phi) is 9.09. The minimum Gasteiger partial charge on any atom is -0.496 e. The van der Waals surface area contributed by atoms with E-state index in [2.05, 4.69) is 32.2 Å². The summed E-state index contributed by atoms with van der Waals surface area (Å²) in [5.74, 6) is 1.43. The SMILES string of the molecule is COc1cc(-c2cccc(-c3cccc(-c4cnc(CN5CC(O)C5)c(OC)n4)c3Cl)c2Cl)cc2c1CCN(C[C@H]1CCC(=O)N1)C2. The maximum Gasteiger partial charge on any atom is 0.237 e. The molecule has 0 saturated carbocycles. The molecule has 2 fully saturated rings. The monoisotopic (exact) mass is 673 g/mol. The summed E-state index contributed by atoms with van der Waals surface area (Å²) >= 11 is 14.3. The molecule has 2 N–H and O–H groups in total. The molecule has 2 saturated heterocycles. The molecule has 7 rings (SSSR count). The number of methoxy groups -OCH3 is 2. The van der Waals surface area contributed by atoms with Crippen molar-refractivity contribution in [1.82, 2.24) is 25.1 Å². The molecule has 3 aliphatic heterocycles. The summed E-state index contributed by atoms with van der Waals surface area (Å²) in [6, 6.07) is 16.3. The summed E-state index contributed by atoms with van der Waals surface area (Å²) < 4.78 is 11.5. The molecule has 1 atom stereocenters. The van der Waals surface area contributed by atoms with Crippen molar-refractivity contribution >= 4 is 29.1 Å². The maximum absolute atomic E-state index is 11.8. The number of hydrogen-bond acceptors (Lipinski definition) is 8. The molecule has 0 bridgehead atoms. The summed E-state index contributed by atoms with van der Waals surface area (Å²) in [7, 11) is 3.29. The number of hydrogen-bond donors (Lipinski definition) is 2. The highest BCUT2D eigenvalue weighted by Gasteiger charge is 2.28. The lowest BCUT2D eigenvalue weighted by atomic mass is 9.91. The van der Waals surface area contributed by atoms with Crippen LogP contribution in [0.4, 0.5) is 0 Å². The molecule has 0 unspecified atom stereocenters. The van der Waals surface area contributed by atoms with Gasteiger partial charge in [0, 0.05) is 74.0 Å². The molecule has 4 aromatic rings. The fourth-order valence-corrected chi connectivity index (χ4v) is 7.58. The highest BCUT2D eigenvalue weighted by molar-refractivity contribution is 6.39. The molecular formula is C36H37Cl2N5O4. The van der Waals surface area contributed by atoms with E-state index in [1.54, 1.807) is 20.4 Å². The Morgan fingerprint density at radius 2 is 1.68 bits per heavy atom. The van der Waals surface area contributed by atoms with Gasteiger partial charge in [-0.1, -0.05) is 59.6 Å². The lowest BCUT2D eigenvalue weighted by Gasteiger charge is -2.35. The molecule has 47 heavy (non-hydrogen) atoms. The number of fused-ring (bicyclic) bond motifs is 1. The number of nitrogens with one attached hydrogen (secondary N) is 1. The van der Waals surface area contributed by atoms with Crippen LogP contribution in [-0.2, 0) is 24.3 Å². The minimum atomic E-state index is -0.294. The van der Waals surface area contributed by atoms with E-state index in [-0.39, 0.29) is 18.1 Å². The largest absolute Gasteiger partial charge is 0.496 e. The van der Waals surface area contributed by atoms with Crippen LogP contribution in [0.3, 0.4) is 0 Å². The quantitative estimate of drug-likeness (QED) is 0.236. The second-order valence-corrected chi connectivity index (χ2v) is 13.3. The van der Waals surface area contributed by atoms with Crippen LogP contribution in [-0.4, -0.2) is 83.3 Å². The third kappa shape index (κ3) is 6.43. The number of nitrogens with zero attached hydrogens (tertiary/aromatic N) is 4. The Hall–Kier alpha value is -3.73. The van der Waals surface area contributed by atoms with Gasteiger partial charge in [-0.3, -0.25) is 19.6 Å². The van der Waals surface area contributed by atoms with Crippen LogP contribution in [0.2, 0.25) is 10.0 Å². The Balaban J connectivity index is 1.19. The molecule has 1 amide bonds. The number of carbonyl (C=O) groups is 1. The van der Waals surface area contributed by atoms with E-state index in [4.69, 9.17) is 37.7 Å². The maximum atomic E-state index is 11.8. The van der Waals surface area contributed by atoms with Gasteiger partial charge in [0.1, 0.15) is 11.4 Å². The summed E-state index contributed by atoms with van der Waals surface area (Å²) in [6.07, 6.45) is 3.78. The zero-order chi connectivity index (χ0) is 32.7. The fourth-order valence-electron chi connectivity index (χ4n) is 6.92. The molecule has 1 aromatic heterocycles. The number of β-amino-alcohol motifs (C(OH)–C–C–N with tert-alkyl or cyclic N) is 1. The summed E-state index contributed by atoms with van der Waals surface area (Å²) in [6.45, 7) is 4.30. The van der Waals surface area contributed by atoms with E-state index < -0.39 is 0 Å². The van der Waals surface area contributed by atoms with Gasteiger partial charge in [-0.05, 0) is 41.7 Å². The van der Waals surface area contributed by atoms with Gasteiger partial charge in [0.05, 0.1) is 42.3 Å². The average Bonchev–Trinajstić information content (AvgIpc) is 3.48. The molecule has 0 radical (unpaired) electrons. The van der Waals surface area contributed by atoms with E-state index >= 15 is 0 Å². The van der Waals surface area contributed by atoms with Gasteiger partial charge in [-0.15, -0.1) is 0 Å². The van der Waals surface area contributed by atoms with Gasteiger partial charge in [0.15, 0.2) is 0 Å². The van der Waals surface area contributed by atoms with E-state index in [1.165, 1.54) is 11.1 Å². The van der Waals surface area contributed by atoms with Crippen LogP contribution in [0.5, 0.6) is 11.6 Å². The predicted octanol–water partition coefficient (Wildman–Crippen LogP) is 5.61. The van der Waals surface area contributed by atoms with Gasteiger partial charge in [0.25, 0.3) is 0 Å². The fraction of sp³-hybridized carbons (Fsp3) is 0.361. The Morgan fingerprint density at radius 1 is 0.957 bits per heavy atom. The average molecular weight is 675 g/mol. The Labute approximate surface area is 284 Å². The smallest absolute Gasteiger partial charge is 0.237 e. The van der Waals surface area contributed by atoms with Crippen molar-refractivity contribution in [2.45, 2.75) is 44.5 Å². The Morgan fingerprint density at radius 3 is 2.36 bits per heavy atom. The van der Waals surface area contributed by atoms with Gasteiger partial charge < -0.3 is 19.9 Å². The highest BCUT2D eigenvalue weighted by Crippen LogP contribution is 2.44. The zero-order valence-corrected chi connectivity index (χ0v) is 27.9. The molecule has 3 aromatic carbocycles. The second kappa shape index (κ2) is 13.4. The molecule has 0 spiro atoms. The van der Waals surface area contributed by atoms with Crippen molar-refractivity contribution in [2.24, 2.45) is 0 Å². The lowest BCUT2D eigenvalue weighted by molar-refractivity contribution is -0.119. The third-order valence-corrected chi connectivity index (χ3v) is 10.2. The van der Waals surface area contributed by atoms with E-state index in [0.717, 1.165) is 66.0 Å². The first kappa shape index (κ1) is 31.8. The normalized spacial score (nSPS) is 18.5. The first-order chi connectivity index (χ1) is 22.8. The van der Waals surface area contributed by atoms with E-state index in [9.17, 15) is 9.90 Å². The van der Waals surface area contributed by atoms with Crippen molar-refractivity contribution in [3.63, 3.8) is 0 Å². The predicted molar refractivity (Wildman–Crippen MR) is 183 cm³/mol. The van der Waals surface area contributed by atoms with Crippen molar-refractivity contribution in [3.8, 4) is 45.1 Å². The minimum absolute atomic E-state index is 0.141. The number of benzene rings is 3. The number of halogens is 2. The van der Waals surface area contributed by atoms with Gasteiger partial charge in [0.2, 0.25) is 11.8 Å². The van der Waals surface area contributed by atoms with Crippen molar-refractivity contribution in [1.29, 1.82) is 0 Å². The summed E-state index contributed by atoms with van der Waals surface area (Å²) in [5, 5.41) is 13.8. The number of aromatic nitrogens is 2. The lowest BCUT2D eigenvalue weighted by Crippen LogP contribution is -2.50. The number of ether oxygens (including phenoxy) is 2. The van der Waals surface area contributed by atoms with Crippen molar-refractivity contribution in [3.05, 3.63) is 81.6 Å². The van der Waals surface area contributed by atoms with E-state index in [1.807, 2.05) is 36.4 Å². The summed E-state index contributed by atoms with van der Waals surface area (Å²) in [5.41, 5.74) is 7.88. The second-order valence-electron chi connectivity index (χ2n) is 12.5. The number of carbonyl (C=O) groups excluding carboxylic acids is 1. The first-order valence-electron chi connectivity index (χ1n) is 15.9. The van der Waals surface area contributed by atoms with Crippen LogP contribution >= 0.6 is 23.2 Å². The molecule has 244 valence electrons. The number of aliphatic hydroxyl groups excluding tert-OH is 1. The van der Waals surface area contributed by atoms with Gasteiger partial charge in [-0.25, -0.2) is 4.98 Å². The molecule has 3 aliphatic rings. The standard InChI is InChI=1S/C36H37Cl2N5O4/c1-46-32-14-21(13-22-16-42(12-11-25(22)32)17-23-9-10-33(45)40-23)26-5-3-6-27(34(26)37)28-7-4-8-29(35(28)38)30-15-39-31(36(41-30)47-2)20-43-18-24(44)19-43/h3-8,13-15,23-24,44H,9-12,16-20H2,1-2H3,(H,40,45)/t23-/m1/s1. The van der Waals surface area contributed by atoms with Gasteiger partial charge in [-0.2, -0.15) is 0 Å². The molecule has 4 heterocycles. The number of likely N-dealkylation sites (tertiary alicyclic amines) is 1. The molecule has 9 nitrogen and oxygen atoms in total. The van der Waals surface area contributed by atoms with Crippen LogP contribution in [0.1, 0.15) is 29.7 Å². The van der Waals surface area contributed by atoms with Crippen molar-refractivity contribution in [2.75, 3.05) is 40.4 Å².